The highest BCUT2D eigenvalue weighted by molar-refractivity contribution is 7.92. The zero-order chi connectivity index (χ0) is 12.6. The molecule has 0 aromatic rings. The molecule has 0 fully saturated rings. The summed E-state index contributed by atoms with van der Waals surface area (Å²) in [5.74, 6) is 0.802. The van der Waals surface area contributed by atoms with Crippen LogP contribution < -0.4 is 0 Å². The number of hydrogen-bond donors (Lipinski definition) is 0. The molecule has 0 amide bonds. The predicted octanol–water partition coefficient (Wildman–Crippen LogP) is 2.15. The maximum Gasteiger partial charge on any atom is 0.153 e. The Kier molecular flexibility index (Phi) is 8.42. The van der Waals surface area contributed by atoms with Crippen LogP contribution >= 0.6 is 11.6 Å². The quantitative estimate of drug-likeness (QED) is 0.602. The van der Waals surface area contributed by atoms with E-state index in [9.17, 15) is 8.42 Å². The Morgan fingerprint density at radius 3 is 2.25 bits per heavy atom. The number of unbranched alkanes of at least 4 members (excludes halogenated alkanes) is 1. The van der Waals surface area contributed by atoms with Crippen LogP contribution in [0.5, 0.6) is 0 Å². The molecule has 0 aromatic carbocycles. The van der Waals surface area contributed by atoms with Gasteiger partial charge in [-0.25, -0.2) is 8.42 Å². The molecular formula is C11H24ClNO2S. The molecule has 0 aliphatic rings. The van der Waals surface area contributed by atoms with Gasteiger partial charge >= 0.3 is 0 Å². The molecule has 0 saturated carbocycles. The SMILES string of the molecule is CCCCN(CCCl)CCS(=O)(=O)C(C)C. The average Bonchev–Trinajstić information content (AvgIpc) is 2.22. The summed E-state index contributed by atoms with van der Waals surface area (Å²) >= 11 is 5.70. The van der Waals surface area contributed by atoms with Gasteiger partial charge in [-0.15, -0.1) is 11.6 Å². The molecule has 0 atom stereocenters. The van der Waals surface area contributed by atoms with Crippen molar-refractivity contribution in [3.8, 4) is 0 Å². The Morgan fingerprint density at radius 2 is 1.81 bits per heavy atom. The van der Waals surface area contributed by atoms with Crippen LogP contribution in [0.2, 0.25) is 0 Å². The van der Waals surface area contributed by atoms with E-state index >= 15 is 0 Å². The van der Waals surface area contributed by atoms with Gasteiger partial charge in [0.2, 0.25) is 0 Å². The monoisotopic (exact) mass is 269 g/mol. The van der Waals surface area contributed by atoms with E-state index < -0.39 is 9.84 Å². The lowest BCUT2D eigenvalue weighted by Crippen LogP contribution is -2.33. The van der Waals surface area contributed by atoms with Crippen LogP contribution in [-0.4, -0.2) is 49.8 Å². The van der Waals surface area contributed by atoms with Crippen LogP contribution in [0.1, 0.15) is 33.6 Å². The van der Waals surface area contributed by atoms with E-state index in [2.05, 4.69) is 11.8 Å². The number of hydrogen-bond acceptors (Lipinski definition) is 3. The molecule has 0 heterocycles. The van der Waals surface area contributed by atoms with Crippen LogP contribution in [-0.2, 0) is 9.84 Å². The third kappa shape index (κ3) is 6.71. The molecule has 0 radical (unpaired) electrons. The highest BCUT2D eigenvalue weighted by Crippen LogP contribution is 2.03. The standard InChI is InChI=1S/C11H24ClNO2S/c1-4-5-7-13(8-6-12)9-10-16(14,15)11(2)3/h11H,4-10H2,1-3H3. The molecule has 0 aliphatic heterocycles. The molecule has 5 heteroatoms. The van der Waals surface area contributed by atoms with E-state index in [0.29, 0.717) is 12.4 Å². The fraction of sp³-hybridized carbons (Fsp3) is 1.00. The van der Waals surface area contributed by atoms with Gasteiger partial charge < -0.3 is 4.90 Å². The summed E-state index contributed by atoms with van der Waals surface area (Å²) in [7, 11) is -2.92. The largest absolute Gasteiger partial charge is 0.301 e. The van der Waals surface area contributed by atoms with Gasteiger partial charge in [0, 0.05) is 19.0 Å². The third-order valence-electron chi connectivity index (χ3n) is 2.64. The van der Waals surface area contributed by atoms with Crippen LogP contribution in [0.3, 0.4) is 0 Å². The van der Waals surface area contributed by atoms with Gasteiger partial charge in [-0.3, -0.25) is 0 Å². The van der Waals surface area contributed by atoms with Gasteiger partial charge in [0.05, 0.1) is 11.0 Å². The van der Waals surface area contributed by atoms with Crippen molar-refractivity contribution in [2.75, 3.05) is 31.3 Å². The molecule has 3 nitrogen and oxygen atoms in total. The van der Waals surface area contributed by atoms with Crippen molar-refractivity contribution in [2.24, 2.45) is 0 Å². The van der Waals surface area contributed by atoms with Gasteiger partial charge in [0.25, 0.3) is 0 Å². The van der Waals surface area contributed by atoms with Crippen molar-refractivity contribution in [3.05, 3.63) is 0 Å². The number of rotatable bonds is 9. The summed E-state index contributed by atoms with van der Waals surface area (Å²) in [5, 5.41) is -0.281. The third-order valence-corrected chi connectivity index (χ3v) is 5.00. The Hall–Kier alpha value is 0.200. The Morgan fingerprint density at radius 1 is 1.19 bits per heavy atom. The maximum absolute atomic E-state index is 11.7. The molecule has 0 bridgehead atoms. The molecule has 0 aliphatic carbocycles. The molecule has 0 aromatic heterocycles. The minimum atomic E-state index is -2.92. The van der Waals surface area contributed by atoms with Gasteiger partial charge in [-0.2, -0.15) is 0 Å². The van der Waals surface area contributed by atoms with Gasteiger partial charge in [0.15, 0.2) is 9.84 Å². The van der Waals surface area contributed by atoms with Gasteiger partial charge in [0.1, 0.15) is 0 Å². The van der Waals surface area contributed by atoms with Crippen LogP contribution in [0.15, 0.2) is 0 Å². The smallest absolute Gasteiger partial charge is 0.153 e. The predicted molar refractivity (Wildman–Crippen MR) is 71.0 cm³/mol. The van der Waals surface area contributed by atoms with Crippen molar-refractivity contribution in [1.29, 1.82) is 0 Å². The zero-order valence-electron chi connectivity index (χ0n) is 10.6. The number of halogens is 1. The lowest BCUT2D eigenvalue weighted by Gasteiger charge is -2.21. The summed E-state index contributed by atoms with van der Waals surface area (Å²) in [6.45, 7) is 7.91. The molecule has 0 N–H and O–H groups in total. The number of alkyl halides is 1. The summed E-state index contributed by atoms with van der Waals surface area (Å²) in [4.78, 5) is 2.14. The first kappa shape index (κ1) is 16.2. The highest BCUT2D eigenvalue weighted by Gasteiger charge is 2.17. The van der Waals surface area contributed by atoms with Crippen molar-refractivity contribution < 1.29 is 8.42 Å². The molecule has 98 valence electrons. The van der Waals surface area contributed by atoms with E-state index in [4.69, 9.17) is 11.6 Å². The van der Waals surface area contributed by atoms with Crippen molar-refractivity contribution in [2.45, 2.75) is 38.9 Å². The van der Waals surface area contributed by atoms with Gasteiger partial charge in [-0.05, 0) is 26.8 Å². The second-order valence-electron chi connectivity index (χ2n) is 4.30. The Bertz CT molecular complexity index is 265. The highest BCUT2D eigenvalue weighted by atomic mass is 35.5. The molecule has 0 spiro atoms. The number of sulfone groups is 1. The minimum absolute atomic E-state index is 0.241. The van der Waals surface area contributed by atoms with Gasteiger partial charge in [-0.1, -0.05) is 13.3 Å². The number of nitrogens with zero attached hydrogens (tertiary/aromatic N) is 1. The first-order valence-corrected chi connectivity index (χ1v) is 8.19. The topological polar surface area (TPSA) is 37.4 Å². The van der Waals surface area contributed by atoms with Crippen molar-refractivity contribution in [3.63, 3.8) is 0 Å². The van der Waals surface area contributed by atoms with E-state index in [1.807, 2.05) is 0 Å². The second-order valence-corrected chi connectivity index (χ2v) is 7.35. The Labute approximate surface area is 105 Å². The van der Waals surface area contributed by atoms with E-state index in [1.165, 1.54) is 0 Å². The maximum atomic E-state index is 11.7. The van der Waals surface area contributed by atoms with E-state index in [-0.39, 0.29) is 11.0 Å². The molecule has 16 heavy (non-hydrogen) atoms. The average molecular weight is 270 g/mol. The molecule has 0 rings (SSSR count). The second kappa shape index (κ2) is 8.31. The fourth-order valence-corrected chi connectivity index (χ4v) is 2.55. The summed E-state index contributed by atoms with van der Waals surface area (Å²) in [5.41, 5.74) is 0. The van der Waals surface area contributed by atoms with Crippen LogP contribution in [0.25, 0.3) is 0 Å². The normalized spacial score (nSPS) is 12.6. The van der Waals surface area contributed by atoms with Crippen LogP contribution in [0, 0.1) is 0 Å². The Balaban J connectivity index is 4.10. The van der Waals surface area contributed by atoms with E-state index in [0.717, 1.165) is 25.9 Å². The van der Waals surface area contributed by atoms with Crippen molar-refractivity contribution >= 4 is 21.4 Å². The molecule has 0 unspecified atom stereocenters. The first-order valence-electron chi connectivity index (χ1n) is 5.94. The van der Waals surface area contributed by atoms with Crippen LogP contribution in [0.4, 0.5) is 0 Å². The summed E-state index contributed by atoms with van der Waals surface area (Å²) < 4.78 is 23.3. The molecule has 0 saturated heterocycles. The lowest BCUT2D eigenvalue weighted by atomic mass is 10.3. The lowest BCUT2D eigenvalue weighted by molar-refractivity contribution is 0.301. The first-order chi connectivity index (χ1) is 7.44. The van der Waals surface area contributed by atoms with Crippen molar-refractivity contribution in [1.82, 2.24) is 4.90 Å². The minimum Gasteiger partial charge on any atom is -0.301 e. The van der Waals surface area contributed by atoms with E-state index in [1.54, 1.807) is 13.8 Å². The zero-order valence-corrected chi connectivity index (χ0v) is 12.1. The molecular weight excluding hydrogens is 246 g/mol. The fourth-order valence-electron chi connectivity index (χ4n) is 1.33. The summed E-state index contributed by atoms with van der Waals surface area (Å²) in [6, 6.07) is 0. The summed E-state index contributed by atoms with van der Waals surface area (Å²) in [6.07, 6.45) is 2.22.